The number of pyridine rings is 1. The summed E-state index contributed by atoms with van der Waals surface area (Å²) in [4.78, 5) is 36.2. The van der Waals surface area contributed by atoms with Crippen LogP contribution in [0.25, 0.3) is 0 Å². The van der Waals surface area contributed by atoms with Gasteiger partial charge < -0.3 is 16.4 Å². The third kappa shape index (κ3) is 3.91. The van der Waals surface area contributed by atoms with Gasteiger partial charge in [0.25, 0.3) is 11.6 Å². The van der Waals surface area contributed by atoms with Gasteiger partial charge in [0.05, 0.1) is 11.5 Å². The van der Waals surface area contributed by atoms with E-state index in [2.05, 4.69) is 15.6 Å². The zero-order valence-corrected chi connectivity index (χ0v) is 10.2. The molecule has 9 heteroatoms. The van der Waals surface area contributed by atoms with Crippen LogP contribution in [0.1, 0.15) is 17.3 Å². The van der Waals surface area contributed by atoms with E-state index in [1.807, 2.05) is 6.92 Å². The van der Waals surface area contributed by atoms with Gasteiger partial charge in [-0.25, -0.2) is 4.98 Å². The molecule has 0 saturated carbocycles. The Balaban J connectivity index is 3.06. The highest BCUT2D eigenvalue weighted by atomic mass is 16.6. The van der Waals surface area contributed by atoms with E-state index in [1.54, 1.807) is 0 Å². The van der Waals surface area contributed by atoms with Gasteiger partial charge in [0, 0.05) is 12.6 Å². The van der Waals surface area contributed by atoms with Crippen LogP contribution in [-0.4, -0.2) is 34.8 Å². The molecule has 0 spiro atoms. The number of amides is 2. The van der Waals surface area contributed by atoms with Gasteiger partial charge in [0.15, 0.2) is 0 Å². The number of nitrogens with two attached hydrogens (primary N) is 1. The van der Waals surface area contributed by atoms with Crippen molar-refractivity contribution in [1.29, 1.82) is 0 Å². The van der Waals surface area contributed by atoms with Crippen LogP contribution >= 0.6 is 0 Å². The minimum absolute atomic E-state index is 0.183. The first kappa shape index (κ1) is 14.4. The topological polar surface area (TPSA) is 140 Å². The van der Waals surface area contributed by atoms with Crippen molar-refractivity contribution in [2.24, 2.45) is 5.73 Å². The number of carbonyl (C=O) groups excluding carboxylic acids is 2. The fourth-order valence-corrected chi connectivity index (χ4v) is 1.32. The van der Waals surface area contributed by atoms with Gasteiger partial charge in [-0.05, 0) is 6.92 Å². The molecule has 2 amide bonds. The summed E-state index contributed by atoms with van der Waals surface area (Å²) in [6.45, 7) is 1.97. The molecular formula is C10H13N5O4. The van der Waals surface area contributed by atoms with Gasteiger partial charge in [-0.2, -0.15) is 0 Å². The molecule has 0 unspecified atom stereocenters. The highest BCUT2D eigenvalue weighted by Crippen LogP contribution is 2.20. The molecule has 9 nitrogen and oxygen atoms in total. The van der Waals surface area contributed by atoms with E-state index >= 15 is 0 Å². The summed E-state index contributed by atoms with van der Waals surface area (Å²) >= 11 is 0. The van der Waals surface area contributed by atoms with Crippen molar-refractivity contribution < 1.29 is 14.5 Å². The number of hydrogen-bond acceptors (Lipinski definition) is 6. The molecular weight excluding hydrogens is 254 g/mol. The molecule has 0 aliphatic carbocycles. The van der Waals surface area contributed by atoms with Gasteiger partial charge in [-0.1, -0.05) is 0 Å². The molecule has 0 radical (unpaired) electrons. The number of aromatic nitrogens is 1. The molecule has 0 bridgehead atoms. The Labute approximate surface area is 108 Å². The van der Waals surface area contributed by atoms with Gasteiger partial charge in [0.1, 0.15) is 17.6 Å². The molecule has 1 rings (SSSR count). The predicted octanol–water partition coefficient (Wildman–Crippen LogP) is -0.363. The Morgan fingerprint density at radius 1 is 1.53 bits per heavy atom. The van der Waals surface area contributed by atoms with Gasteiger partial charge in [-0.15, -0.1) is 0 Å². The standard InChI is InChI=1S/C10H13N5O4/c1-2-12-9-3-6(7(4-13-9)15(18)19)10(17)14-5-8(11)16/h3-4H,2,5H2,1H3,(H2,11,16)(H,12,13)(H,14,17). The summed E-state index contributed by atoms with van der Waals surface area (Å²) in [5, 5.41) is 15.8. The number of carbonyl (C=O) groups is 2. The molecule has 0 aliphatic heterocycles. The van der Waals surface area contributed by atoms with Crippen molar-refractivity contribution in [3.63, 3.8) is 0 Å². The minimum atomic E-state index is -0.757. The molecule has 1 aromatic rings. The predicted molar refractivity (Wildman–Crippen MR) is 66.6 cm³/mol. The number of nitrogens with one attached hydrogen (secondary N) is 2. The van der Waals surface area contributed by atoms with Gasteiger partial charge >= 0.3 is 0 Å². The molecule has 0 atom stereocenters. The lowest BCUT2D eigenvalue weighted by atomic mass is 10.2. The molecule has 1 heterocycles. The normalized spacial score (nSPS) is 9.74. The van der Waals surface area contributed by atoms with Crippen LogP contribution in [0.4, 0.5) is 11.5 Å². The summed E-state index contributed by atoms with van der Waals surface area (Å²) in [5.41, 5.74) is 4.26. The van der Waals surface area contributed by atoms with Gasteiger partial charge in [-0.3, -0.25) is 19.7 Å². The van der Waals surface area contributed by atoms with Crippen LogP contribution in [-0.2, 0) is 4.79 Å². The maximum Gasteiger partial charge on any atom is 0.300 e. The largest absolute Gasteiger partial charge is 0.370 e. The molecule has 4 N–H and O–H groups in total. The third-order valence-corrected chi connectivity index (χ3v) is 2.11. The number of nitrogens with zero attached hydrogens (tertiary/aromatic N) is 2. The lowest BCUT2D eigenvalue weighted by Gasteiger charge is -2.06. The molecule has 1 aromatic heterocycles. The van der Waals surface area contributed by atoms with Crippen molar-refractivity contribution in [1.82, 2.24) is 10.3 Å². The van der Waals surface area contributed by atoms with E-state index in [4.69, 9.17) is 5.73 Å². The fraction of sp³-hybridized carbons (Fsp3) is 0.300. The second-order valence-corrected chi connectivity index (χ2v) is 3.52. The molecule has 0 saturated heterocycles. The zero-order valence-electron chi connectivity index (χ0n) is 10.2. The van der Waals surface area contributed by atoms with Crippen LogP contribution in [0, 0.1) is 10.1 Å². The number of hydrogen-bond donors (Lipinski definition) is 3. The van der Waals surface area contributed by atoms with Crippen LogP contribution in [0.5, 0.6) is 0 Å². The Morgan fingerprint density at radius 3 is 2.74 bits per heavy atom. The van der Waals surface area contributed by atoms with Crippen molar-refractivity contribution in [2.45, 2.75) is 6.92 Å². The van der Waals surface area contributed by atoms with E-state index in [0.29, 0.717) is 12.4 Å². The molecule has 0 aliphatic rings. The maximum absolute atomic E-state index is 11.8. The second-order valence-electron chi connectivity index (χ2n) is 3.52. The molecule has 19 heavy (non-hydrogen) atoms. The van der Waals surface area contributed by atoms with E-state index < -0.39 is 29.0 Å². The number of rotatable bonds is 6. The minimum Gasteiger partial charge on any atom is -0.370 e. The number of primary amides is 1. The Hall–Kier alpha value is -2.71. The highest BCUT2D eigenvalue weighted by molar-refractivity contribution is 6.00. The van der Waals surface area contributed by atoms with Crippen LogP contribution in [0.3, 0.4) is 0 Å². The lowest BCUT2D eigenvalue weighted by molar-refractivity contribution is -0.385. The Morgan fingerprint density at radius 2 is 2.21 bits per heavy atom. The lowest BCUT2D eigenvalue weighted by Crippen LogP contribution is -2.33. The first-order chi connectivity index (χ1) is 8.95. The Bertz CT molecular complexity index is 517. The molecule has 102 valence electrons. The van der Waals surface area contributed by atoms with Crippen molar-refractivity contribution in [2.75, 3.05) is 18.4 Å². The van der Waals surface area contributed by atoms with E-state index in [9.17, 15) is 19.7 Å². The summed E-state index contributed by atoms with van der Waals surface area (Å²) in [6.07, 6.45) is 0.983. The second kappa shape index (κ2) is 6.28. The summed E-state index contributed by atoms with van der Waals surface area (Å²) < 4.78 is 0. The highest BCUT2D eigenvalue weighted by Gasteiger charge is 2.21. The SMILES string of the molecule is CCNc1cc(C(=O)NCC(N)=O)c([N+](=O)[O-])cn1. The summed E-state index contributed by atoms with van der Waals surface area (Å²) in [5.74, 6) is -1.17. The van der Waals surface area contributed by atoms with Crippen LogP contribution < -0.4 is 16.4 Å². The summed E-state index contributed by atoms with van der Waals surface area (Å²) in [7, 11) is 0. The molecule has 0 aromatic carbocycles. The average Bonchev–Trinajstić information content (AvgIpc) is 2.36. The van der Waals surface area contributed by atoms with Crippen LogP contribution in [0.2, 0.25) is 0 Å². The van der Waals surface area contributed by atoms with Gasteiger partial charge in [0.2, 0.25) is 5.91 Å². The number of nitro groups is 1. The number of anilines is 1. The third-order valence-electron chi connectivity index (χ3n) is 2.11. The quantitative estimate of drug-likeness (QED) is 0.474. The smallest absolute Gasteiger partial charge is 0.300 e. The van der Waals surface area contributed by atoms with Crippen molar-refractivity contribution in [3.05, 3.63) is 27.9 Å². The molecule has 0 fully saturated rings. The Kier molecular flexibility index (Phi) is 4.75. The van der Waals surface area contributed by atoms with E-state index in [0.717, 1.165) is 6.20 Å². The first-order valence-corrected chi connectivity index (χ1v) is 5.40. The zero-order chi connectivity index (χ0) is 14.4. The first-order valence-electron chi connectivity index (χ1n) is 5.40. The van der Waals surface area contributed by atoms with Crippen molar-refractivity contribution in [3.8, 4) is 0 Å². The van der Waals surface area contributed by atoms with Crippen LogP contribution in [0.15, 0.2) is 12.3 Å². The maximum atomic E-state index is 11.8. The van der Waals surface area contributed by atoms with Crippen molar-refractivity contribution >= 4 is 23.3 Å². The van der Waals surface area contributed by atoms with E-state index in [-0.39, 0.29) is 5.56 Å². The monoisotopic (exact) mass is 267 g/mol. The van der Waals surface area contributed by atoms with E-state index in [1.165, 1.54) is 6.07 Å². The summed E-state index contributed by atoms with van der Waals surface area (Å²) in [6, 6.07) is 1.25. The fourth-order valence-electron chi connectivity index (χ4n) is 1.32. The average molecular weight is 267 g/mol.